The van der Waals surface area contributed by atoms with E-state index in [1.165, 1.54) is 24.3 Å². The summed E-state index contributed by atoms with van der Waals surface area (Å²) in [7, 11) is -3.78. The number of hydrogen-bond acceptors (Lipinski definition) is 3. The maximum atomic E-state index is 12.2. The lowest BCUT2D eigenvalue weighted by Crippen LogP contribution is -1.99. The zero-order valence-electron chi connectivity index (χ0n) is 10.8. The van der Waals surface area contributed by atoms with Gasteiger partial charge >= 0.3 is 0 Å². The molecule has 0 N–H and O–H groups in total. The molecule has 0 aliphatic carbocycles. The molecule has 6 heteroatoms. The van der Waals surface area contributed by atoms with Crippen molar-refractivity contribution in [3.05, 3.63) is 58.3 Å². The molecule has 0 saturated carbocycles. The van der Waals surface area contributed by atoms with Gasteiger partial charge in [-0.05, 0) is 37.3 Å². The Balaban J connectivity index is 2.31. The third-order valence-electron chi connectivity index (χ3n) is 2.50. The standard InChI is InChI=1S/C14H13ClNO3S/c1-2-19-14-6-4-3-5-13(14)16-20(17,18)12-9-7-11(15)8-10-12/h3-10H,2H2,1H3/q-1. The number of rotatable bonds is 5. The highest BCUT2D eigenvalue weighted by atomic mass is 35.5. The molecule has 0 amide bonds. The van der Waals surface area contributed by atoms with E-state index in [9.17, 15) is 8.42 Å². The Morgan fingerprint density at radius 3 is 2.40 bits per heavy atom. The molecule has 0 unspecified atom stereocenters. The molecular weight excluding hydrogens is 298 g/mol. The molecule has 0 aliphatic heterocycles. The maximum absolute atomic E-state index is 12.2. The third-order valence-corrected chi connectivity index (χ3v) is 4.05. The fourth-order valence-corrected chi connectivity index (χ4v) is 2.72. The van der Waals surface area contributed by atoms with Crippen molar-refractivity contribution >= 4 is 27.3 Å². The predicted octanol–water partition coefficient (Wildman–Crippen LogP) is 4.13. The number of halogens is 1. The number of benzene rings is 2. The summed E-state index contributed by atoms with van der Waals surface area (Å²) in [4.78, 5) is 0.0909. The van der Waals surface area contributed by atoms with Crippen LogP contribution in [0.1, 0.15) is 6.92 Å². The predicted molar refractivity (Wildman–Crippen MR) is 79.3 cm³/mol. The molecule has 2 aromatic rings. The number of ether oxygens (including phenoxy) is 1. The van der Waals surface area contributed by atoms with E-state index in [1.54, 1.807) is 24.3 Å². The summed E-state index contributed by atoms with van der Waals surface area (Å²) in [5.74, 6) is 0.438. The highest BCUT2D eigenvalue weighted by Crippen LogP contribution is 2.35. The second kappa shape index (κ2) is 6.15. The smallest absolute Gasteiger partial charge is 0.123 e. The van der Waals surface area contributed by atoms with Crippen molar-refractivity contribution in [2.45, 2.75) is 11.8 Å². The van der Waals surface area contributed by atoms with Gasteiger partial charge in [0.15, 0.2) is 0 Å². The summed E-state index contributed by atoms with van der Waals surface area (Å²) in [6.45, 7) is 2.26. The van der Waals surface area contributed by atoms with Crippen LogP contribution in [0.15, 0.2) is 53.4 Å². The van der Waals surface area contributed by atoms with Crippen LogP contribution in [0.5, 0.6) is 5.75 Å². The zero-order chi connectivity index (χ0) is 14.6. The number of nitrogens with zero attached hydrogens (tertiary/aromatic N) is 1. The first-order valence-corrected chi connectivity index (χ1v) is 7.80. The first-order chi connectivity index (χ1) is 9.53. The second-order valence-corrected chi connectivity index (χ2v) is 5.96. The summed E-state index contributed by atoms with van der Waals surface area (Å²) >= 11 is 5.74. The van der Waals surface area contributed by atoms with Crippen LogP contribution >= 0.6 is 11.6 Å². The van der Waals surface area contributed by atoms with Crippen LogP contribution in [0.3, 0.4) is 0 Å². The van der Waals surface area contributed by atoms with Crippen molar-refractivity contribution in [2.24, 2.45) is 0 Å². The SMILES string of the molecule is CCOc1ccccc1[N-]S(=O)(=O)c1ccc(Cl)cc1. The van der Waals surface area contributed by atoms with E-state index < -0.39 is 10.0 Å². The van der Waals surface area contributed by atoms with Crippen molar-refractivity contribution < 1.29 is 13.2 Å². The third kappa shape index (κ3) is 3.43. The minimum Gasteiger partial charge on any atom is -0.570 e. The molecule has 0 radical (unpaired) electrons. The average molecular weight is 311 g/mol. The van der Waals surface area contributed by atoms with E-state index in [0.29, 0.717) is 17.4 Å². The van der Waals surface area contributed by atoms with E-state index >= 15 is 0 Å². The average Bonchev–Trinajstić information content (AvgIpc) is 2.41. The molecule has 4 nitrogen and oxygen atoms in total. The van der Waals surface area contributed by atoms with E-state index in [4.69, 9.17) is 16.3 Å². The molecule has 0 heterocycles. The van der Waals surface area contributed by atoms with E-state index in [0.717, 1.165) is 0 Å². The van der Waals surface area contributed by atoms with Gasteiger partial charge in [0, 0.05) is 5.02 Å². The van der Waals surface area contributed by atoms with Crippen molar-refractivity contribution in [1.29, 1.82) is 0 Å². The summed E-state index contributed by atoms with van der Waals surface area (Å²) in [5, 5.41) is 0.471. The topological polar surface area (TPSA) is 57.5 Å². The Bertz CT molecular complexity index is 684. The molecule has 0 atom stereocenters. The van der Waals surface area contributed by atoms with Crippen LogP contribution in [-0.4, -0.2) is 15.0 Å². The summed E-state index contributed by atoms with van der Waals surface area (Å²) < 4.78 is 33.6. The van der Waals surface area contributed by atoms with Gasteiger partial charge in [0.25, 0.3) is 0 Å². The summed E-state index contributed by atoms with van der Waals surface area (Å²) in [6, 6.07) is 12.6. The lowest BCUT2D eigenvalue weighted by molar-refractivity contribution is 0.342. The van der Waals surface area contributed by atoms with Crippen LogP contribution in [0.4, 0.5) is 5.69 Å². The van der Waals surface area contributed by atoms with E-state index in [-0.39, 0.29) is 10.6 Å². The van der Waals surface area contributed by atoms with Gasteiger partial charge in [-0.25, -0.2) is 8.42 Å². The first kappa shape index (κ1) is 14.7. The van der Waals surface area contributed by atoms with E-state index in [2.05, 4.69) is 4.72 Å². The minimum atomic E-state index is -3.78. The number of para-hydroxylation sites is 1. The van der Waals surface area contributed by atoms with Crippen molar-refractivity contribution in [2.75, 3.05) is 6.61 Å². The van der Waals surface area contributed by atoms with Gasteiger partial charge in [0.1, 0.15) is 15.8 Å². The Hall–Kier alpha value is -1.72. The molecule has 2 rings (SSSR count). The highest BCUT2D eigenvalue weighted by molar-refractivity contribution is 7.94. The Labute approximate surface area is 123 Å². The fourth-order valence-electron chi connectivity index (χ4n) is 1.60. The van der Waals surface area contributed by atoms with Crippen molar-refractivity contribution in [3.63, 3.8) is 0 Å². The largest absolute Gasteiger partial charge is 0.570 e. The van der Waals surface area contributed by atoms with E-state index in [1.807, 2.05) is 6.92 Å². The molecule has 106 valence electrons. The monoisotopic (exact) mass is 310 g/mol. The summed E-state index contributed by atoms with van der Waals surface area (Å²) in [5.41, 5.74) is 0.282. The molecule has 0 aromatic heterocycles. The molecule has 2 aromatic carbocycles. The molecule has 0 saturated heterocycles. The first-order valence-electron chi connectivity index (χ1n) is 5.98. The van der Waals surface area contributed by atoms with Gasteiger partial charge in [-0.2, -0.15) is 0 Å². The van der Waals surface area contributed by atoms with Crippen LogP contribution in [0.25, 0.3) is 4.72 Å². The Morgan fingerprint density at radius 1 is 1.10 bits per heavy atom. The fraction of sp³-hybridized carbons (Fsp3) is 0.143. The van der Waals surface area contributed by atoms with Gasteiger partial charge in [0.05, 0.1) is 11.5 Å². The van der Waals surface area contributed by atoms with Crippen LogP contribution in [0, 0.1) is 0 Å². The zero-order valence-corrected chi connectivity index (χ0v) is 12.4. The number of hydrogen-bond donors (Lipinski definition) is 0. The highest BCUT2D eigenvalue weighted by Gasteiger charge is 2.06. The maximum Gasteiger partial charge on any atom is 0.123 e. The minimum absolute atomic E-state index is 0.0909. The van der Waals surface area contributed by atoms with Crippen LogP contribution < -0.4 is 4.74 Å². The van der Waals surface area contributed by atoms with Crippen LogP contribution in [-0.2, 0) is 10.0 Å². The Kier molecular flexibility index (Phi) is 4.52. The van der Waals surface area contributed by atoms with Crippen molar-refractivity contribution in [1.82, 2.24) is 0 Å². The molecule has 0 spiro atoms. The molecular formula is C14H13ClNO3S-. The van der Waals surface area contributed by atoms with Crippen LogP contribution in [0.2, 0.25) is 5.02 Å². The quantitative estimate of drug-likeness (QED) is 0.834. The van der Waals surface area contributed by atoms with Gasteiger partial charge in [-0.3, -0.25) is 0 Å². The molecule has 20 heavy (non-hydrogen) atoms. The lowest BCUT2D eigenvalue weighted by atomic mass is 10.3. The lowest BCUT2D eigenvalue weighted by Gasteiger charge is -2.24. The van der Waals surface area contributed by atoms with Crippen molar-refractivity contribution in [3.8, 4) is 5.75 Å². The van der Waals surface area contributed by atoms with Gasteiger partial charge < -0.3 is 9.46 Å². The second-order valence-electron chi connectivity index (χ2n) is 3.92. The van der Waals surface area contributed by atoms with Gasteiger partial charge in [0.2, 0.25) is 0 Å². The van der Waals surface area contributed by atoms with Gasteiger partial charge in [-0.1, -0.05) is 35.5 Å². The summed E-state index contributed by atoms with van der Waals surface area (Å²) in [6.07, 6.45) is 0. The molecule has 0 bridgehead atoms. The Morgan fingerprint density at radius 2 is 1.75 bits per heavy atom. The molecule has 0 fully saturated rings. The van der Waals surface area contributed by atoms with Gasteiger partial charge in [-0.15, -0.1) is 0 Å². The normalized spacial score (nSPS) is 11.1. The molecule has 0 aliphatic rings. The number of sulfonamides is 1.